The molecule has 0 N–H and O–H groups in total. The van der Waals surface area contributed by atoms with Crippen molar-refractivity contribution in [2.24, 2.45) is 28.6 Å². The van der Waals surface area contributed by atoms with Crippen molar-refractivity contribution < 1.29 is 19.1 Å². The quantitative estimate of drug-likeness (QED) is 0.685. The Balaban J connectivity index is 1.72. The number of esters is 1. The molecule has 0 aromatic rings. The van der Waals surface area contributed by atoms with Crippen molar-refractivity contribution in [2.75, 3.05) is 0 Å². The van der Waals surface area contributed by atoms with Crippen molar-refractivity contribution in [1.29, 1.82) is 0 Å². The normalized spacial score (nSPS) is 45.6. The fourth-order valence-corrected chi connectivity index (χ4v) is 6.30. The van der Waals surface area contributed by atoms with Gasteiger partial charge in [-0.1, -0.05) is 25.5 Å². The van der Waals surface area contributed by atoms with Gasteiger partial charge in [0.25, 0.3) is 0 Å². The molecule has 0 unspecified atom stereocenters. The first-order valence-corrected chi connectivity index (χ1v) is 9.40. The molecule has 0 amide bonds. The number of cyclic esters (lactones) is 1. The number of ether oxygens (including phenoxy) is 1. The molecule has 0 aromatic carbocycles. The molecule has 1 heterocycles. The van der Waals surface area contributed by atoms with Gasteiger partial charge in [0.2, 0.25) is 0 Å². The maximum atomic E-state index is 12.2. The van der Waals surface area contributed by atoms with E-state index >= 15 is 0 Å². The number of Topliss-reactive ketones (excluding diaryl/α,β-unsaturated/α-hetero) is 1. The second-order valence-corrected chi connectivity index (χ2v) is 8.83. The first-order valence-electron chi connectivity index (χ1n) is 9.40. The monoisotopic (exact) mass is 342 g/mol. The Morgan fingerprint density at radius 1 is 1.20 bits per heavy atom. The largest absolute Gasteiger partial charge is 0.454 e. The van der Waals surface area contributed by atoms with Gasteiger partial charge in [0.05, 0.1) is 0 Å². The Morgan fingerprint density at radius 2 is 1.96 bits per heavy atom. The molecule has 2 saturated carbocycles. The fraction of sp³-hybridized carbons (Fsp3) is 0.667. The Labute approximate surface area is 148 Å². The van der Waals surface area contributed by atoms with Crippen molar-refractivity contribution in [2.45, 2.75) is 59.0 Å². The topological polar surface area (TPSA) is 60.4 Å². The van der Waals surface area contributed by atoms with Gasteiger partial charge in [-0.05, 0) is 62.5 Å². The molecule has 4 aliphatic rings. The molecule has 4 nitrogen and oxygen atoms in total. The molecule has 4 heteroatoms. The zero-order chi connectivity index (χ0) is 18.0. The number of allylic oxidation sites excluding steroid dienone is 4. The zero-order valence-corrected chi connectivity index (χ0v) is 15.2. The smallest absolute Gasteiger partial charge is 0.306 e. The Morgan fingerprint density at radius 3 is 2.68 bits per heavy atom. The van der Waals surface area contributed by atoms with Crippen LogP contribution in [0.5, 0.6) is 0 Å². The van der Waals surface area contributed by atoms with Gasteiger partial charge >= 0.3 is 5.97 Å². The number of rotatable bonds is 1. The van der Waals surface area contributed by atoms with E-state index in [4.69, 9.17) is 4.74 Å². The van der Waals surface area contributed by atoms with E-state index < -0.39 is 6.10 Å². The summed E-state index contributed by atoms with van der Waals surface area (Å²) >= 11 is 0. The number of hydrogen-bond donors (Lipinski definition) is 0. The van der Waals surface area contributed by atoms with Crippen LogP contribution >= 0.6 is 0 Å². The summed E-state index contributed by atoms with van der Waals surface area (Å²) in [5.41, 5.74) is 0.893. The summed E-state index contributed by atoms with van der Waals surface area (Å²) in [6.07, 6.45) is 9.21. The van der Waals surface area contributed by atoms with Crippen molar-refractivity contribution in [3.8, 4) is 0 Å². The lowest BCUT2D eigenvalue weighted by atomic mass is 9.46. The lowest BCUT2D eigenvalue weighted by Crippen LogP contribution is -2.59. The maximum Gasteiger partial charge on any atom is 0.306 e. The van der Waals surface area contributed by atoms with Crippen LogP contribution in [0.1, 0.15) is 52.9 Å². The average Bonchev–Trinajstić information content (AvgIpc) is 2.55. The van der Waals surface area contributed by atoms with E-state index in [9.17, 15) is 14.4 Å². The molecule has 1 aliphatic heterocycles. The van der Waals surface area contributed by atoms with E-state index in [2.05, 4.69) is 19.9 Å². The maximum absolute atomic E-state index is 12.2. The summed E-state index contributed by atoms with van der Waals surface area (Å²) in [5, 5.41) is 0. The van der Waals surface area contributed by atoms with Crippen LogP contribution in [-0.2, 0) is 19.1 Å². The lowest BCUT2D eigenvalue weighted by molar-refractivity contribution is -0.193. The highest BCUT2D eigenvalue weighted by Crippen LogP contribution is 2.63. The number of ketones is 2. The number of carbonyl (C=O) groups excluding carboxylic acids is 3. The van der Waals surface area contributed by atoms with E-state index in [1.54, 1.807) is 6.08 Å². The van der Waals surface area contributed by atoms with Gasteiger partial charge in [0, 0.05) is 17.3 Å². The van der Waals surface area contributed by atoms with Gasteiger partial charge < -0.3 is 4.74 Å². The highest BCUT2D eigenvalue weighted by atomic mass is 16.5. The minimum atomic E-state index is -0.604. The molecule has 0 spiro atoms. The number of fused-ring (bicyclic) bond motifs is 5. The van der Waals surface area contributed by atoms with Crippen molar-refractivity contribution in [3.05, 3.63) is 23.8 Å². The predicted molar refractivity (Wildman–Crippen MR) is 92.6 cm³/mol. The van der Waals surface area contributed by atoms with Crippen LogP contribution in [0.25, 0.3) is 0 Å². The van der Waals surface area contributed by atoms with E-state index in [1.807, 2.05) is 6.08 Å². The van der Waals surface area contributed by atoms with Gasteiger partial charge in [0.15, 0.2) is 17.7 Å². The van der Waals surface area contributed by atoms with Crippen LogP contribution in [-0.4, -0.2) is 23.6 Å². The van der Waals surface area contributed by atoms with Gasteiger partial charge in [0.1, 0.15) is 0 Å². The molecule has 3 fully saturated rings. The zero-order valence-electron chi connectivity index (χ0n) is 15.2. The van der Waals surface area contributed by atoms with Crippen LogP contribution in [0.4, 0.5) is 0 Å². The minimum absolute atomic E-state index is 0.0373. The molecule has 4 rings (SSSR count). The van der Waals surface area contributed by atoms with Crippen LogP contribution in [0.15, 0.2) is 23.8 Å². The van der Waals surface area contributed by atoms with Gasteiger partial charge in [-0.25, -0.2) is 0 Å². The van der Waals surface area contributed by atoms with Crippen molar-refractivity contribution in [1.82, 2.24) is 0 Å². The first-order chi connectivity index (χ1) is 11.8. The second-order valence-electron chi connectivity index (χ2n) is 8.83. The van der Waals surface area contributed by atoms with Crippen LogP contribution in [0.3, 0.4) is 0 Å². The minimum Gasteiger partial charge on any atom is -0.454 e. The highest BCUT2D eigenvalue weighted by molar-refractivity contribution is 6.01. The van der Waals surface area contributed by atoms with E-state index in [1.165, 1.54) is 12.5 Å². The molecular weight excluding hydrogens is 316 g/mol. The standard InChI is InChI=1S/C21H26O4/c1-12(22)19-21(3)9-7-16-15(17(21)11-18(24)25-19)5-4-13-10-14(23)6-8-20(13,16)2/h6,8,10,15-17,19H,4-5,7,9,11H2,1-3H3/t15-,16-,17-,19+,20+,21+/m1/s1. The number of hydrogen-bond acceptors (Lipinski definition) is 4. The molecule has 25 heavy (non-hydrogen) atoms. The third-order valence-corrected chi connectivity index (χ3v) is 7.60. The Bertz CT molecular complexity index is 717. The molecular formula is C21H26O4. The summed E-state index contributed by atoms with van der Waals surface area (Å²) in [4.78, 5) is 36.2. The fourth-order valence-electron chi connectivity index (χ4n) is 6.30. The number of carbonyl (C=O) groups is 3. The highest BCUT2D eigenvalue weighted by Gasteiger charge is 2.60. The van der Waals surface area contributed by atoms with Gasteiger partial charge in [-0.2, -0.15) is 0 Å². The second kappa shape index (κ2) is 5.39. The Kier molecular flexibility index (Phi) is 3.61. The van der Waals surface area contributed by atoms with Crippen molar-refractivity contribution >= 4 is 17.5 Å². The van der Waals surface area contributed by atoms with Crippen LogP contribution in [0, 0.1) is 28.6 Å². The first kappa shape index (κ1) is 16.7. The average molecular weight is 342 g/mol. The predicted octanol–water partition coefficient (Wildman–Crippen LogP) is 3.41. The van der Waals surface area contributed by atoms with E-state index in [0.29, 0.717) is 18.3 Å². The summed E-state index contributed by atoms with van der Waals surface area (Å²) in [6, 6.07) is 0. The van der Waals surface area contributed by atoms with Crippen LogP contribution < -0.4 is 0 Å². The van der Waals surface area contributed by atoms with Crippen LogP contribution in [0.2, 0.25) is 0 Å². The van der Waals surface area contributed by atoms with Crippen molar-refractivity contribution in [3.63, 3.8) is 0 Å². The van der Waals surface area contributed by atoms with E-state index in [-0.39, 0.29) is 34.3 Å². The van der Waals surface area contributed by atoms with E-state index in [0.717, 1.165) is 25.7 Å². The SMILES string of the molecule is CC(=O)[C@@H]1OC(=O)C[C@@H]2[C@@H]3CCC4=CC(=O)C=C[C@]4(C)[C@@H]3CC[C@@]21C. The third-order valence-electron chi connectivity index (χ3n) is 7.60. The van der Waals surface area contributed by atoms with Gasteiger partial charge in [-0.3, -0.25) is 14.4 Å². The summed E-state index contributed by atoms with van der Waals surface area (Å²) < 4.78 is 5.49. The molecule has 3 aliphatic carbocycles. The summed E-state index contributed by atoms with van der Waals surface area (Å²) in [5.74, 6) is 0.825. The molecule has 0 aromatic heterocycles. The summed E-state index contributed by atoms with van der Waals surface area (Å²) in [7, 11) is 0. The molecule has 134 valence electrons. The third kappa shape index (κ3) is 2.29. The molecule has 6 atom stereocenters. The Hall–Kier alpha value is -1.71. The molecule has 0 radical (unpaired) electrons. The molecule has 0 bridgehead atoms. The van der Waals surface area contributed by atoms with Gasteiger partial charge in [-0.15, -0.1) is 0 Å². The summed E-state index contributed by atoms with van der Waals surface area (Å²) in [6.45, 7) is 5.92. The molecule has 1 saturated heterocycles. The lowest BCUT2D eigenvalue weighted by Gasteiger charge is -2.59.